The Morgan fingerprint density at radius 1 is 1.12 bits per heavy atom. The van der Waals surface area contributed by atoms with Gasteiger partial charge in [0.1, 0.15) is 0 Å². The molecule has 0 saturated heterocycles. The summed E-state index contributed by atoms with van der Waals surface area (Å²) >= 11 is 1.62. The highest BCUT2D eigenvalue weighted by molar-refractivity contribution is 7.09. The SMILES string of the molecule is CC(C)(C)c1ccc(C(=O)NCC(=O)NCCCc2nccs2)cc1. The van der Waals surface area contributed by atoms with Crippen molar-refractivity contribution >= 4 is 23.2 Å². The lowest BCUT2D eigenvalue weighted by Crippen LogP contribution is -2.37. The van der Waals surface area contributed by atoms with Crippen molar-refractivity contribution in [3.8, 4) is 0 Å². The molecule has 0 aliphatic carbocycles. The smallest absolute Gasteiger partial charge is 0.251 e. The van der Waals surface area contributed by atoms with E-state index in [4.69, 9.17) is 0 Å². The molecule has 1 aromatic carbocycles. The van der Waals surface area contributed by atoms with Crippen molar-refractivity contribution in [1.82, 2.24) is 15.6 Å². The average Bonchev–Trinajstić information content (AvgIpc) is 3.09. The number of aromatic nitrogens is 1. The van der Waals surface area contributed by atoms with Crippen LogP contribution in [0.5, 0.6) is 0 Å². The maximum absolute atomic E-state index is 12.1. The largest absolute Gasteiger partial charge is 0.355 e. The first-order chi connectivity index (χ1) is 11.9. The normalized spacial score (nSPS) is 11.2. The van der Waals surface area contributed by atoms with Gasteiger partial charge in [-0.15, -0.1) is 11.3 Å². The van der Waals surface area contributed by atoms with Crippen molar-refractivity contribution < 1.29 is 9.59 Å². The van der Waals surface area contributed by atoms with E-state index in [2.05, 4.69) is 36.4 Å². The summed E-state index contributed by atoms with van der Waals surface area (Å²) in [6.45, 7) is 6.94. The Balaban J connectivity index is 1.69. The number of rotatable bonds is 7. The molecule has 0 saturated carbocycles. The number of carbonyl (C=O) groups is 2. The molecule has 134 valence electrons. The molecule has 0 fully saturated rings. The number of amides is 2. The third-order valence-electron chi connectivity index (χ3n) is 3.80. The fourth-order valence-electron chi connectivity index (χ4n) is 2.29. The van der Waals surface area contributed by atoms with Crippen LogP contribution in [0.4, 0.5) is 0 Å². The van der Waals surface area contributed by atoms with Gasteiger partial charge in [0.15, 0.2) is 0 Å². The van der Waals surface area contributed by atoms with E-state index in [-0.39, 0.29) is 23.8 Å². The summed E-state index contributed by atoms with van der Waals surface area (Å²) in [5.74, 6) is -0.419. The molecule has 1 heterocycles. The molecular formula is C19H25N3O2S. The molecule has 2 aromatic rings. The van der Waals surface area contributed by atoms with Crippen LogP contribution >= 0.6 is 11.3 Å². The van der Waals surface area contributed by atoms with Crippen LogP contribution in [-0.2, 0) is 16.6 Å². The van der Waals surface area contributed by atoms with Crippen LogP contribution in [0, 0.1) is 0 Å². The van der Waals surface area contributed by atoms with Gasteiger partial charge >= 0.3 is 0 Å². The second kappa shape index (κ2) is 8.76. The number of hydrogen-bond donors (Lipinski definition) is 2. The van der Waals surface area contributed by atoms with Crippen LogP contribution in [0.25, 0.3) is 0 Å². The maximum Gasteiger partial charge on any atom is 0.251 e. The number of aryl methyl sites for hydroxylation is 1. The average molecular weight is 359 g/mol. The molecule has 0 radical (unpaired) electrons. The molecule has 0 spiro atoms. The van der Waals surface area contributed by atoms with E-state index in [9.17, 15) is 9.59 Å². The van der Waals surface area contributed by atoms with Crippen molar-refractivity contribution in [3.05, 3.63) is 52.0 Å². The van der Waals surface area contributed by atoms with Gasteiger partial charge in [0, 0.05) is 30.1 Å². The van der Waals surface area contributed by atoms with Gasteiger partial charge in [-0.1, -0.05) is 32.9 Å². The summed E-state index contributed by atoms with van der Waals surface area (Å²) in [6.07, 6.45) is 3.47. The molecule has 0 unspecified atom stereocenters. The predicted molar refractivity (Wildman–Crippen MR) is 101 cm³/mol. The summed E-state index contributed by atoms with van der Waals surface area (Å²) in [5, 5.41) is 8.47. The standard InChI is InChI=1S/C19H25N3O2S/c1-19(2,3)15-8-6-14(7-9-15)18(24)22-13-16(23)20-10-4-5-17-21-11-12-25-17/h6-9,11-12H,4-5,10,13H2,1-3H3,(H,20,23)(H,22,24). The fourth-order valence-corrected chi connectivity index (χ4v) is 2.95. The molecule has 0 aliphatic heterocycles. The number of nitrogens with one attached hydrogen (secondary N) is 2. The number of carbonyl (C=O) groups excluding carboxylic acids is 2. The second-order valence-corrected chi connectivity index (χ2v) is 7.87. The van der Waals surface area contributed by atoms with Gasteiger partial charge < -0.3 is 10.6 Å². The molecule has 1 aromatic heterocycles. The highest BCUT2D eigenvalue weighted by Crippen LogP contribution is 2.22. The molecule has 2 amide bonds. The summed E-state index contributed by atoms with van der Waals surface area (Å²) < 4.78 is 0. The molecule has 6 heteroatoms. The molecule has 0 aliphatic rings. The third kappa shape index (κ3) is 6.31. The van der Waals surface area contributed by atoms with Crippen LogP contribution in [0.3, 0.4) is 0 Å². The van der Waals surface area contributed by atoms with E-state index < -0.39 is 0 Å². The lowest BCUT2D eigenvalue weighted by Gasteiger charge is -2.19. The lowest BCUT2D eigenvalue weighted by atomic mass is 9.87. The maximum atomic E-state index is 12.1. The van der Waals surface area contributed by atoms with Crippen molar-refractivity contribution in [1.29, 1.82) is 0 Å². The van der Waals surface area contributed by atoms with Gasteiger partial charge in [-0.05, 0) is 29.5 Å². The minimum absolute atomic E-state index is 0.0168. The zero-order chi connectivity index (χ0) is 18.3. The Morgan fingerprint density at radius 3 is 2.44 bits per heavy atom. The van der Waals surface area contributed by atoms with Gasteiger partial charge in [0.25, 0.3) is 5.91 Å². The van der Waals surface area contributed by atoms with E-state index in [0.29, 0.717) is 12.1 Å². The molecule has 25 heavy (non-hydrogen) atoms. The first-order valence-corrected chi connectivity index (χ1v) is 9.28. The van der Waals surface area contributed by atoms with Gasteiger partial charge in [0.05, 0.1) is 11.6 Å². The quantitative estimate of drug-likeness (QED) is 0.747. The summed E-state index contributed by atoms with van der Waals surface area (Å²) in [7, 11) is 0. The number of benzene rings is 1. The highest BCUT2D eigenvalue weighted by atomic mass is 32.1. The summed E-state index contributed by atoms with van der Waals surface area (Å²) in [6, 6.07) is 7.49. The minimum atomic E-state index is -0.238. The zero-order valence-corrected chi connectivity index (χ0v) is 15.8. The number of hydrogen-bond acceptors (Lipinski definition) is 4. The van der Waals surface area contributed by atoms with Crippen molar-refractivity contribution in [3.63, 3.8) is 0 Å². The van der Waals surface area contributed by atoms with E-state index in [1.807, 2.05) is 17.5 Å². The molecule has 0 atom stereocenters. The Labute approximate surface area is 152 Å². The van der Waals surface area contributed by atoms with Crippen LogP contribution in [0.2, 0.25) is 0 Å². The van der Waals surface area contributed by atoms with Crippen LogP contribution in [0.15, 0.2) is 35.8 Å². The Hall–Kier alpha value is -2.21. The van der Waals surface area contributed by atoms with Crippen LogP contribution in [0.1, 0.15) is 48.1 Å². The first kappa shape index (κ1) is 19.1. The van der Waals surface area contributed by atoms with Crippen LogP contribution in [-0.4, -0.2) is 29.9 Å². The van der Waals surface area contributed by atoms with Gasteiger partial charge in [0.2, 0.25) is 5.91 Å². The second-order valence-electron chi connectivity index (χ2n) is 6.89. The monoisotopic (exact) mass is 359 g/mol. The Bertz CT molecular complexity index is 688. The minimum Gasteiger partial charge on any atom is -0.355 e. The Morgan fingerprint density at radius 2 is 1.84 bits per heavy atom. The van der Waals surface area contributed by atoms with E-state index >= 15 is 0 Å². The highest BCUT2D eigenvalue weighted by Gasteiger charge is 2.14. The first-order valence-electron chi connectivity index (χ1n) is 8.40. The Kier molecular flexibility index (Phi) is 6.70. The number of thiazole rings is 1. The van der Waals surface area contributed by atoms with Gasteiger partial charge in [-0.2, -0.15) is 0 Å². The molecule has 5 nitrogen and oxygen atoms in total. The van der Waals surface area contributed by atoms with Crippen LogP contribution < -0.4 is 10.6 Å². The molecule has 2 rings (SSSR count). The van der Waals surface area contributed by atoms with E-state index in [0.717, 1.165) is 17.8 Å². The summed E-state index contributed by atoms with van der Waals surface area (Å²) in [5.41, 5.74) is 1.78. The molecular weight excluding hydrogens is 334 g/mol. The predicted octanol–water partition coefficient (Wildman–Crippen LogP) is 2.92. The number of nitrogens with zero attached hydrogens (tertiary/aromatic N) is 1. The van der Waals surface area contributed by atoms with Gasteiger partial charge in [-0.3, -0.25) is 9.59 Å². The van der Waals surface area contributed by atoms with E-state index in [1.54, 1.807) is 29.7 Å². The molecule has 0 bridgehead atoms. The summed E-state index contributed by atoms with van der Waals surface area (Å²) in [4.78, 5) is 28.1. The fraction of sp³-hybridized carbons (Fsp3) is 0.421. The molecule has 2 N–H and O–H groups in total. The van der Waals surface area contributed by atoms with Crippen molar-refractivity contribution in [2.75, 3.05) is 13.1 Å². The van der Waals surface area contributed by atoms with Crippen molar-refractivity contribution in [2.45, 2.75) is 39.0 Å². The van der Waals surface area contributed by atoms with Crippen molar-refractivity contribution in [2.24, 2.45) is 0 Å². The zero-order valence-electron chi connectivity index (χ0n) is 15.0. The third-order valence-corrected chi connectivity index (χ3v) is 4.64. The van der Waals surface area contributed by atoms with E-state index in [1.165, 1.54) is 5.56 Å². The van der Waals surface area contributed by atoms with Gasteiger partial charge in [-0.25, -0.2) is 4.98 Å². The topological polar surface area (TPSA) is 71.1 Å². The lowest BCUT2D eigenvalue weighted by molar-refractivity contribution is -0.120.